The van der Waals surface area contributed by atoms with Crippen LogP contribution in [0.3, 0.4) is 0 Å². The lowest BCUT2D eigenvalue weighted by Gasteiger charge is -2.43. The van der Waals surface area contributed by atoms with Crippen LogP contribution in [0.4, 0.5) is 0 Å². The highest BCUT2D eigenvalue weighted by molar-refractivity contribution is 5.06. The molecule has 1 N–H and O–H groups in total. The van der Waals surface area contributed by atoms with Gasteiger partial charge in [0.1, 0.15) is 0 Å². The highest BCUT2D eigenvalue weighted by atomic mass is 16.5. The van der Waals surface area contributed by atoms with Crippen molar-refractivity contribution in [3.05, 3.63) is 18.0 Å². The van der Waals surface area contributed by atoms with Crippen LogP contribution >= 0.6 is 0 Å². The molecule has 3 fully saturated rings. The lowest BCUT2D eigenvalue weighted by atomic mass is 9.78. The van der Waals surface area contributed by atoms with E-state index < -0.39 is 0 Å². The van der Waals surface area contributed by atoms with Crippen molar-refractivity contribution in [2.75, 3.05) is 6.61 Å². The number of hydrogen-bond acceptors (Lipinski definition) is 3. The SMILES string of the molecule is c1nn(C2CCOC3(CCCCC3)C2)cc1CNC1CC1. The molecule has 2 heterocycles. The topological polar surface area (TPSA) is 39.1 Å². The molecule has 0 radical (unpaired) electrons. The maximum atomic E-state index is 6.20. The first-order chi connectivity index (χ1) is 10.3. The fourth-order valence-electron chi connectivity index (χ4n) is 3.99. The van der Waals surface area contributed by atoms with Gasteiger partial charge in [0, 0.05) is 31.0 Å². The number of aromatic nitrogens is 2. The summed E-state index contributed by atoms with van der Waals surface area (Å²) in [6, 6.07) is 1.30. The number of nitrogens with one attached hydrogen (secondary N) is 1. The van der Waals surface area contributed by atoms with Crippen molar-refractivity contribution in [1.82, 2.24) is 15.1 Å². The minimum absolute atomic E-state index is 0.166. The van der Waals surface area contributed by atoms with Gasteiger partial charge in [0.2, 0.25) is 0 Å². The third-order valence-electron chi connectivity index (χ3n) is 5.43. The van der Waals surface area contributed by atoms with E-state index in [1.165, 1.54) is 50.5 Å². The van der Waals surface area contributed by atoms with E-state index >= 15 is 0 Å². The average molecular weight is 289 g/mol. The zero-order chi connectivity index (χ0) is 14.1. The lowest BCUT2D eigenvalue weighted by molar-refractivity contribution is -0.115. The summed E-state index contributed by atoms with van der Waals surface area (Å²) >= 11 is 0. The second-order valence-corrected chi connectivity index (χ2v) is 7.22. The van der Waals surface area contributed by atoms with Crippen molar-refractivity contribution in [2.45, 2.75) is 82.0 Å². The van der Waals surface area contributed by atoms with E-state index in [4.69, 9.17) is 4.74 Å². The first-order valence-corrected chi connectivity index (χ1v) is 8.73. The Hall–Kier alpha value is -0.870. The van der Waals surface area contributed by atoms with Crippen molar-refractivity contribution >= 4 is 0 Å². The smallest absolute Gasteiger partial charge is 0.0703 e. The second-order valence-electron chi connectivity index (χ2n) is 7.22. The first kappa shape index (κ1) is 13.8. The van der Waals surface area contributed by atoms with Gasteiger partial charge in [0.15, 0.2) is 0 Å². The third-order valence-corrected chi connectivity index (χ3v) is 5.43. The van der Waals surface area contributed by atoms with Crippen molar-refractivity contribution in [3.8, 4) is 0 Å². The van der Waals surface area contributed by atoms with Crippen molar-refractivity contribution < 1.29 is 4.74 Å². The third kappa shape index (κ3) is 3.16. The fourth-order valence-corrected chi connectivity index (χ4v) is 3.99. The lowest BCUT2D eigenvalue weighted by Crippen LogP contribution is -2.42. The molecule has 2 saturated carbocycles. The Morgan fingerprint density at radius 3 is 2.90 bits per heavy atom. The summed E-state index contributed by atoms with van der Waals surface area (Å²) in [7, 11) is 0. The molecule has 0 amide bonds. The Balaban J connectivity index is 1.40. The molecule has 1 aliphatic heterocycles. The predicted octanol–water partition coefficient (Wildman–Crippen LogP) is 3.19. The van der Waals surface area contributed by atoms with Crippen LogP contribution in [0, 0.1) is 0 Å². The molecule has 1 aromatic heterocycles. The molecule has 3 aliphatic rings. The molecule has 4 heteroatoms. The van der Waals surface area contributed by atoms with Crippen LogP contribution in [0.25, 0.3) is 0 Å². The number of hydrogen-bond donors (Lipinski definition) is 1. The van der Waals surface area contributed by atoms with E-state index in [1.54, 1.807) is 0 Å². The van der Waals surface area contributed by atoms with Gasteiger partial charge in [-0.05, 0) is 38.5 Å². The first-order valence-electron chi connectivity index (χ1n) is 8.73. The summed E-state index contributed by atoms with van der Waals surface area (Å²) in [5.41, 5.74) is 1.49. The standard InChI is InChI=1S/C17H27N3O/c1-2-7-17(8-3-1)10-16(6-9-21-17)20-13-14(12-19-20)11-18-15-4-5-15/h12-13,15-16,18H,1-11H2. The van der Waals surface area contributed by atoms with Crippen LogP contribution in [0.2, 0.25) is 0 Å². The summed E-state index contributed by atoms with van der Waals surface area (Å²) in [5.74, 6) is 0. The molecule has 21 heavy (non-hydrogen) atoms. The zero-order valence-electron chi connectivity index (χ0n) is 12.9. The molecule has 116 valence electrons. The van der Waals surface area contributed by atoms with Crippen molar-refractivity contribution in [1.29, 1.82) is 0 Å². The molecule has 4 rings (SSSR count). The van der Waals surface area contributed by atoms with Crippen LogP contribution in [0.1, 0.15) is 69.4 Å². The Kier molecular flexibility index (Phi) is 3.76. The highest BCUT2D eigenvalue weighted by Gasteiger charge is 2.39. The van der Waals surface area contributed by atoms with Crippen LogP contribution in [-0.2, 0) is 11.3 Å². The maximum absolute atomic E-state index is 6.20. The second kappa shape index (κ2) is 5.73. The van der Waals surface area contributed by atoms with Gasteiger partial charge in [-0.3, -0.25) is 4.68 Å². The highest BCUT2D eigenvalue weighted by Crippen LogP contribution is 2.42. The molecule has 4 nitrogen and oxygen atoms in total. The average Bonchev–Trinajstić information content (AvgIpc) is 3.22. The van der Waals surface area contributed by atoms with E-state index in [2.05, 4.69) is 21.3 Å². The van der Waals surface area contributed by atoms with Gasteiger partial charge < -0.3 is 10.1 Å². The van der Waals surface area contributed by atoms with E-state index in [0.717, 1.165) is 32.0 Å². The summed E-state index contributed by atoms with van der Waals surface area (Å²) < 4.78 is 8.41. The van der Waals surface area contributed by atoms with Gasteiger partial charge in [-0.1, -0.05) is 19.3 Å². The molecule has 1 unspecified atom stereocenters. The molecular formula is C17H27N3O. The largest absolute Gasteiger partial charge is 0.375 e. The normalized spacial score (nSPS) is 28.9. The fraction of sp³-hybridized carbons (Fsp3) is 0.824. The number of rotatable bonds is 4. The maximum Gasteiger partial charge on any atom is 0.0703 e. The van der Waals surface area contributed by atoms with E-state index in [9.17, 15) is 0 Å². The van der Waals surface area contributed by atoms with E-state index in [0.29, 0.717) is 6.04 Å². The number of ether oxygens (including phenoxy) is 1. The van der Waals surface area contributed by atoms with Crippen LogP contribution in [0.5, 0.6) is 0 Å². The van der Waals surface area contributed by atoms with Gasteiger partial charge in [0.25, 0.3) is 0 Å². The molecule has 0 bridgehead atoms. The minimum Gasteiger partial charge on any atom is -0.375 e. The monoisotopic (exact) mass is 289 g/mol. The molecular weight excluding hydrogens is 262 g/mol. The Labute approximate surface area is 127 Å². The van der Waals surface area contributed by atoms with Gasteiger partial charge in [-0.2, -0.15) is 5.10 Å². The predicted molar refractivity (Wildman–Crippen MR) is 82.1 cm³/mol. The van der Waals surface area contributed by atoms with E-state index in [1.807, 2.05) is 6.20 Å². The minimum atomic E-state index is 0.166. The van der Waals surface area contributed by atoms with Crippen LogP contribution < -0.4 is 5.32 Å². The van der Waals surface area contributed by atoms with Gasteiger partial charge >= 0.3 is 0 Å². The molecule has 2 aliphatic carbocycles. The Bertz CT molecular complexity index is 469. The number of nitrogens with zero attached hydrogens (tertiary/aromatic N) is 2. The van der Waals surface area contributed by atoms with Crippen molar-refractivity contribution in [2.24, 2.45) is 0 Å². The molecule has 1 spiro atoms. The Morgan fingerprint density at radius 2 is 2.10 bits per heavy atom. The summed E-state index contributed by atoms with van der Waals surface area (Å²) in [5, 5.41) is 8.21. The molecule has 1 aromatic rings. The van der Waals surface area contributed by atoms with Gasteiger partial charge in [-0.15, -0.1) is 0 Å². The van der Waals surface area contributed by atoms with Crippen LogP contribution in [-0.4, -0.2) is 28.0 Å². The molecule has 0 aromatic carbocycles. The van der Waals surface area contributed by atoms with Crippen molar-refractivity contribution in [3.63, 3.8) is 0 Å². The summed E-state index contributed by atoms with van der Waals surface area (Å²) in [6.45, 7) is 1.87. The van der Waals surface area contributed by atoms with Gasteiger partial charge in [0.05, 0.1) is 17.8 Å². The van der Waals surface area contributed by atoms with Gasteiger partial charge in [-0.25, -0.2) is 0 Å². The van der Waals surface area contributed by atoms with Crippen LogP contribution in [0.15, 0.2) is 12.4 Å². The Morgan fingerprint density at radius 1 is 1.24 bits per heavy atom. The zero-order valence-corrected chi connectivity index (χ0v) is 12.9. The van der Waals surface area contributed by atoms with E-state index in [-0.39, 0.29) is 5.60 Å². The summed E-state index contributed by atoms with van der Waals surface area (Å²) in [4.78, 5) is 0. The summed E-state index contributed by atoms with van der Waals surface area (Å²) in [6.07, 6.45) is 15.8. The molecule has 1 saturated heterocycles. The quantitative estimate of drug-likeness (QED) is 0.925. The molecule has 1 atom stereocenters.